The average Bonchev–Trinajstić information content (AvgIpc) is 3.23. The summed E-state index contributed by atoms with van der Waals surface area (Å²) in [6.45, 7) is 2.13. The van der Waals surface area contributed by atoms with Crippen LogP contribution in [0.25, 0.3) is 0 Å². The van der Waals surface area contributed by atoms with E-state index in [9.17, 15) is 22.0 Å². The molecule has 0 unspecified atom stereocenters. The minimum atomic E-state index is -3.66. The lowest BCUT2D eigenvalue weighted by Gasteiger charge is -2.37. The highest BCUT2D eigenvalue weighted by molar-refractivity contribution is 7.89. The number of halogens is 2. The number of carbonyl (C=O) groups excluding carboxylic acids is 1. The molecule has 33 heavy (non-hydrogen) atoms. The van der Waals surface area contributed by atoms with E-state index in [0.717, 1.165) is 6.08 Å². The molecule has 0 aromatic heterocycles. The minimum Gasteiger partial charge on any atom is -0.342 e. The lowest BCUT2D eigenvalue weighted by Crippen LogP contribution is -2.52. The SMILES string of the molecule is Cc1ccccc1S(=O)(=O)N1CCC2(CC1)O[C@@H]1CC[C@@H](C3=CC(F)=CC(F)=CC3)N1C2=O. The maximum Gasteiger partial charge on any atom is 0.257 e. The number of amides is 1. The number of aryl methyl sites for hydroxylation is 1. The van der Waals surface area contributed by atoms with Crippen molar-refractivity contribution in [3.05, 3.63) is 65.3 Å². The lowest BCUT2D eigenvalue weighted by atomic mass is 9.90. The molecule has 176 valence electrons. The normalized spacial score (nSPS) is 27.8. The summed E-state index contributed by atoms with van der Waals surface area (Å²) < 4.78 is 61.6. The Hall–Kier alpha value is -2.36. The zero-order chi connectivity index (χ0) is 23.4. The van der Waals surface area contributed by atoms with Crippen molar-refractivity contribution in [1.82, 2.24) is 9.21 Å². The van der Waals surface area contributed by atoms with Gasteiger partial charge in [0.25, 0.3) is 5.91 Å². The third-order valence-electron chi connectivity index (χ3n) is 7.12. The summed E-state index contributed by atoms with van der Waals surface area (Å²) in [4.78, 5) is 15.5. The number of sulfonamides is 1. The van der Waals surface area contributed by atoms with Crippen molar-refractivity contribution >= 4 is 15.9 Å². The van der Waals surface area contributed by atoms with Crippen molar-refractivity contribution in [3.8, 4) is 0 Å². The van der Waals surface area contributed by atoms with E-state index in [4.69, 9.17) is 4.74 Å². The van der Waals surface area contributed by atoms with E-state index in [0.29, 0.717) is 24.0 Å². The molecule has 3 saturated heterocycles. The van der Waals surface area contributed by atoms with Gasteiger partial charge in [0.2, 0.25) is 10.0 Å². The van der Waals surface area contributed by atoms with Crippen LogP contribution >= 0.6 is 0 Å². The van der Waals surface area contributed by atoms with Crippen LogP contribution < -0.4 is 0 Å². The van der Waals surface area contributed by atoms with E-state index in [2.05, 4.69) is 0 Å². The van der Waals surface area contributed by atoms with Gasteiger partial charge in [-0.1, -0.05) is 18.2 Å². The first-order chi connectivity index (χ1) is 15.7. The Kier molecular flexibility index (Phi) is 5.54. The van der Waals surface area contributed by atoms with Gasteiger partial charge in [-0.2, -0.15) is 4.31 Å². The van der Waals surface area contributed by atoms with Gasteiger partial charge in [-0.05, 0) is 68.4 Å². The highest BCUT2D eigenvalue weighted by Crippen LogP contribution is 2.45. The number of fused-ring (bicyclic) bond motifs is 1. The number of carbonyl (C=O) groups is 1. The molecule has 1 aromatic rings. The molecule has 0 N–H and O–H groups in total. The van der Waals surface area contributed by atoms with Crippen molar-refractivity contribution in [1.29, 1.82) is 0 Å². The van der Waals surface area contributed by atoms with Gasteiger partial charge < -0.3 is 9.64 Å². The van der Waals surface area contributed by atoms with Crippen molar-refractivity contribution in [2.45, 2.75) is 61.8 Å². The number of piperidine rings is 1. The molecule has 3 aliphatic heterocycles. The monoisotopic (exact) mass is 476 g/mol. The maximum atomic E-state index is 14.0. The molecule has 1 aromatic carbocycles. The molecule has 1 spiro atoms. The van der Waals surface area contributed by atoms with Crippen LogP contribution in [0.1, 0.15) is 37.7 Å². The van der Waals surface area contributed by atoms with Crippen LogP contribution in [0, 0.1) is 6.92 Å². The predicted octanol–water partition coefficient (Wildman–Crippen LogP) is 3.90. The van der Waals surface area contributed by atoms with Gasteiger partial charge in [-0.3, -0.25) is 4.79 Å². The van der Waals surface area contributed by atoms with E-state index in [1.807, 2.05) is 0 Å². The zero-order valence-corrected chi connectivity index (χ0v) is 19.2. The Morgan fingerprint density at radius 1 is 1.06 bits per heavy atom. The molecule has 1 amide bonds. The number of rotatable bonds is 3. The second kappa shape index (κ2) is 8.14. The molecule has 3 heterocycles. The number of ether oxygens (including phenoxy) is 1. The summed E-state index contributed by atoms with van der Waals surface area (Å²) in [5.41, 5.74) is 0.257. The van der Waals surface area contributed by atoms with Gasteiger partial charge in [0.1, 0.15) is 17.9 Å². The third-order valence-corrected chi connectivity index (χ3v) is 9.18. The summed E-state index contributed by atoms with van der Waals surface area (Å²) in [6, 6.07) is 6.50. The van der Waals surface area contributed by atoms with Gasteiger partial charge in [0.15, 0.2) is 5.60 Å². The Bertz CT molecular complexity index is 1180. The number of benzene rings is 1. The fourth-order valence-electron chi connectivity index (χ4n) is 5.40. The molecule has 0 bridgehead atoms. The Morgan fingerprint density at radius 3 is 2.52 bits per heavy atom. The van der Waals surface area contributed by atoms with Crippen LogP contribution in [-0.4, -0.2) is 54.5 Å². The largest absolute Gasteiger partial charge is 0.342 e. The second-order valence-electron chi connectivity index (χ2n) is 9.08. The standard InChI is InChI=1S/C24H26F2N2O4S/c1-16-4-2-3-5-21(16)33(30,31)27-12-10-24(11-13-27)23(29)28-20(8-9-22(28)32-24)17-6-7-18(25)15-19(26)14-17/h2-5,7,14-15,20,22H,6,8-13H2,1H3/t20-,22+/m0/s1. The van der Waals surface area contributed by atoms with E-state index < -0.39 is 33.5 Å². The molecular formula is C24H26F2N2O4S. The molecule has 6 nitrogen and oxygen atoms in total. The first-order valence-electron chi connectivity index (χ1n) is 11.2. The summed E-state index contributed by atoms with van der Waals surface area (Å²) >= 11 is 0. The van der Waals surface area contributed by atoms with Crippen LogP contribution in [0.4, 0.5) is 8.78 Å². The summed E-state index contributed by atoms with van der Waals surface area (Å²) in [6.07, 6.45) is 5.03. The second-order valence-corrected chi connectivity index (χ2v) is 11.0. The highest BCUT2D eigenvalue weighted by Gasteiger charge is 2.58. The van der Waals surface area contributed by atoms with E-state index in [1.165, 1.54) is 16.5 Å². The smallest absolute Gasteiger partial charge is 0.257 e. The quantitative estimate of drug-likeness (QED) is 0.664. The van der Waals surface area contributed by atoms with Gasteiger partial charge in [-0.25, -0.2) is 17.2 Å². The zero-order valence-electron chi connectivity index (χ0n) is 18.3. The predicted molar refractivity (Wildman–Crippen MR) is 118 cm³/mol. The van der Waals surface area contributed by atoms with Gasteiger partial charge in [0, 0.05) is 19.2 Å². The topological polar surface area (TPSA) is 66.9 Å². The van der Waals surface area contributed by atoms with Gasteiger partial charge >= 0.3 is 0 Å². The minimum absolute atomic E-state index is 0.179. The van der Waals surface area contributed by atoms with Crippen LogP contribution in [0.2, 0.25) is 0 Å². The van der Waals surface area contributed by atoms with Crippen molar-refractivity contribution in [2.75, 3.05) is 13.1 Å². The highest BCUT2D eigenvalue weighted by atomic mass is 32.2. The number of nitrogens with zero attached hydrogens (tertiary/aromatic N) is 2. The summed E-state index contributed by atoms with van der Waals surface area (Å²) in [5.74, 6) is -1.48. The maximum absolute atomic E-state index is 14.0. The summed E-state index contributed by atoms with van der Waals surface area (Å²) in [5, 5.41) is 0. The van der Waals surface area contributed by atoms with E-state index in [1.54, 1.807) is 36.1 Å². The lowest BCUT2D eigenvalue weighted by molar-refractivity contribution is -0.141. The Morgan fingerprint density at radius 2 is 1.79 bits per heavy atom. The van der Waals surface area contributed by atoms with Crippen LogP contribution in [-0.2, 0) is 19.6 Å². The third kappa shape index (κ3) is 3.76. The van der Waals surface area contributed by atoms with Crippen LogP contribution in [0.5, 0.6) is 0 Å². The number of hydrogen-bond donors (Lipinski definition) is 0. The molecule has 2 atom stereocenters. The number of allylic oxidation sites excluding steroid dienone is 5. The average molecular weight is 477 g/mol. The van der Waals surface area contributed by atoms with E-state index >= 15 is 0 Å². The fraction of sp³-hybridized carbons (Fsp3) is 0.458. The van der Waals surface area contributed by atoms with Crippen molar-refractivity contribution in [2.24, 2.45) is 0 Å². The molecule has 0 radical (unpaired) electrons. The van der Waals surface area contributed by atoms with Gasteiger partial charge in [0.05, 0.1) is 10.9 Å². The van der Waals surface area contributed by atoms with E-state index in [-0.39, 0.29) is 49.2 Å². The van der Waals surface area contributed by atoms with Crippen molar-refractivity contribution < 1.29 is 26.7 Å². The fourth-order valence-corrected chi connectivity index (χ4v) is 7.06. The molecule has 0 saturated carbocycles. The first-order valence-corrected chi connectivity index (χ1v) is 12.6. The Labute approximate surface area is 192 Å². The molecule has 3 fully saturated rings. The van der Waals surface area contributed by atoms with Crippen LogP contribution in [0.3, 0.4) is 0 Å². The summed E-state index contributed by atoms with van der Waals surface area (Å²) in [7, 11) is -3.66. The molecule has 1 aliphatic carbocycles. The molecule has 5 rings (SSSR count). The van der Waals surface area contributed by atoms with Gasteiger partial charge in [-0.15, -0.1) is 0 Å². The Balaban J connectivity index is 1.33. The van der Waals surface area contributed by atoms with Crippen molar-refractivity contribution in [3.63, 3.8) is 0 Å². The first kappa shape index (κ1) is 22.4. The van der Waals surface area contributed by atoms with Crippen LogP contribution in [0.15, 0.2) is 64.6 Å². The molecule has 4 aliphatic rings. The molecule has 9 heteroatoms. The molecular weight excluding hydrogens is 450 g/mol. The number of hydrogen-bond acceptors (Lipinski definition) is 4.